The van der Waals surface area contributed by atoms with E-state index in [9.17, 15) is 8.78 Å². The van der Waals surface area contributed by atoms with Crippen LogP contribution in [0.3, 0.4) is 0 Å². The number of amidine groups is 1. The lowest BCUT2D eigenvalue weighted by atomic mass is 9.80. The second kappa shape index (κ2) is 6.99. The number of thioether (sulfide) groups is 1. The van der Waals surface area contributed by atoms with E-state index in [-0.39, 0.29) is 5.82 Å². The molecule has 0 amide bonds. The van der Waals surface area contributed by atoms with E-state index < -0.39 is 11.5 Å². The van der Waals surface area contributed by atoms with Gasteiger partial charge in [-0.2, -0.15) is 4.39 Å². The van der Waals surface area contributed by atoms with Crippen LogP contribution in [0.15, 0.2) is 41.5 Å². The van der Waals surface area contributed by atoms with Gasteiger partial charge in [0, 0.05) is 23.1 Å². The third kappa shape index (κ3) is 3.11. The minimum atomic E-state index is -0.533. The van der Waals surface area contributed by atoms with Crippen molar-refractivity contribution in [2.24, 2.45) is 16.6 Å². The minimum absolute atomic E-state index is 0.225. The Bertz CT molecular complexity index is 855. The number of pyridine rings is 1. The molecule has 0 radical (unpaired) electrons. The maximum Gasteiger partial charge on any atom is 0.216 e. The number of aryl methyl sites for hydroxylation is 2. The summed E-state index contributed by atoms with van der Waals surface area (Å²) >= 11 is 1.56. The van der Waals surface area contributed by atoms with Crippen LogP contribution >= 0.6 is 11.8 Å². The van der Waals surface area contributed by atoms with E-state index in [1.165, 1.54) is 12.3 Å². The number of hydrogen-bond acceptors (Lipinski definition) is 4. The Balaban J connectivity index is 1.64. The van der Waals surface area contributed by atoms with Gasteiger partial charge in [0.05, 0.1) is 5.54 Å². The predicted octanol–water partition coefficient (Wildman–Crippen LogP) is 4.20. The van der Waals surface area contributed by atoms with Gasteiger partial charge in [0.1, 0.15) is 5.82 Å². The van der Waals surface area contributed by atoms with Gasteiger partial charge in [-0.3, -0.25) is 4.99 Å². The molecule has 2 aliphatic rings. The zero-order chi connectivity index (χ0) is 18.1. The second-order valence-electron chi connectivity index (χ2n) is 7.04. The lowest BCUT2D eigenvalue weighted by molar-refractivity contribution is 0.341. The van der Waals surface area contributed by atoms with Gasteiger partial charge in [-0.25, -0.2) is 9.37 Å². The Morgan fingerprint density at radius 2 is 2.12 bits per heavy atom. The van der Waals surface area contributed by atoms with Crippen LogP contribution in [-0.4, -0.2) is 15.9 Å². The van der Waals surface area contributed by atoms with Crippen LogP contribution in [0, 0.1) is 17.7 Å². The topological polar surface area (TPSA) is 51.3 Å². The molecule has 3 nitrogen and oxygen atoms in total. The number of aliphatic imine (C=N–C) groups is 1. The van der Waals surface area contributed by atoms with Crippen LogP contribution < -0.4 is 5.73 Å². The molecule has 1 aliphatic heterocycles. The summed E-state index contributed by atoms with van der Waals surface area (Å²) in [5.41, 5.74) is 7.67. The molecule has 2 aromatic rings. The zero-order valence-electron chi connectivity index (χ0n) is 14.4. The normalized spacial score (nSPS) is 25.0. The molecule has 136 valence electrons. The number of benzene rings is 1. The highest BCUT2D eigenvalue weighted by Crippen LogP contribution is 2.51. The van der Waals surface area contributed by atoms with Crippen LogP contribution in [0.1, 0.15) is 36.0 Å². The molecule has 0 unspecified atom stereocenters. The molecule has 1 aliphatic carbocycles. The Hall–Kier alpha value is -1.95. The third-order valence-electron chi connectivity index (χ3n) is 5.54. The molecule has 4 rings (SSSR count). The maximum atomic E-state index is 14.8. The summed E-state index contributed by atoms with van der Waals surface area (Å²) in [7, 11) is 0. The summed E-state index contributed by atoms with van der Waals surface area (Å²) in [6, 6.07) is 8.67. The number of nitrogens with two attached hydrogens (primary N) is 1. The van der Waals surface area contributed by atoms with Crippen LogP contribution in [0.25, 0.3) is 0 Å². The first-order chi connectivity index (χ1) is 12.6. The zero-order valence-corrected chi connectivity index (χ0v) is 15.2. The minimum Gasteiger partial charge on any atom is -0.379 e. The largest absolute Gasteiger partial charge is 0.379 e. The third-order valence-corrected chi connectivity index (χ3v) is 6.50. The Kier molecular flexibility index (Phi) is 4.69. The predicted molar refractivity (Wildman–Crippen MR) is 101 cm³/mol. The highest BCUT2D eigenvalue weighted by molar-refractivity contribution is 8.13. The molecular formula is C20H21F2N3S. The standard InChI is InChI=1S/C20H21F2N3S/c21-17-8-6-13(5-7-14-3-2-10-24-18(14)22)11-16(17)20-9-1-4-15(20)12-26-19(23)25-20/h2-3,6,8,10-11,15H,1,4-5,7,9,12H2,(H2,23,25)/t15-,20-/m0/s1. The fraction of sp³-hybridized carbons (Fsp3) is 0.400. The van der Waals surface area contributed by atoms with E-state index in [4.69, 9.17) is 10.7 Å². The molecular weight excluding hydrogens is 352 g/mol. The summed E-state index contributed by atoms with van der Waals surface area (Å²) in [4.78, 5) is 8.41. The van der Waals surface area contributed by atoms with E-state index >= 15 is 0 Å². The molecule has 1 aromatic heterocycles. The van der Waals surface area contributed by atoms with Gasteiger partial charge in [-0.1, -0.05) is 36.4 Å². The average Bonchev–Trinajstić information content (AvgIpc) is 3.06. The monoisotopic (exact) mass is 373 g/mol. The maximum absolute atomic E-state index is 14.8. The van der Waals surface area contributed by atoms with Crippen molar-refractivity contribution in [2.45, 2.75) is 37.6 Å². The van der Waals surface area contributed by atoms with Crippen molar-refractivity contribution in [3.8, 4) is 0 Å². The van der Waals surface area contributed by atoms with Crippen molar-refractivity contribution in [1.29, 1.82) is 0 Å². The van der Waals surface area contributed by atoms with Gasteiger partial charge in [-0.15, -0.1) is 0 Å². The quantitative estimate of drug-likeness (QED) is 0.817. The molecule has 1 saturated carbocycles. The molecule has 2 atom stereocenters. The summed E-state index contributed by atoms with van der Waals surface area (Å²) in [6.07, 6.45) is 5.52. The molecule has 0 spiro atoms. The van der Waals surface area contributed by atoms with Gasteiger partial charge in [0.25, 0.3) is 0 Å². The molecule has 0 saturated heterocycles. The number of hydrogen-bond donors (Lipinski definition) is 1. The van der Waals surface area contributed by atoms with Gasteiger partial charge in [-0.05, 0) is 49.3 Å². The number of fused-ring (bicyclic) bond motifs is 1. The molecule has 1 fully saturated rings. The van der Waals surface area contributed by atoms with Crippen molar-refractivity contribution >= 4 is 16.9 Å². The van der Waals surface area contributed by atoms with E-state index in [1.807, 2.05) is 6.07 Å². The van der Waals surface area contributed by atoms with Gasteiger partial charge < -0.3 is 5.73 Å². The number of halogens is 2. The van der Waals surface area contributed by atoms with Crippen molar-refractivity contribution < 1.29 is 8.78 Å². The smallest absolute Gasteiger partial charge is 0.216 e. The Labute approximate surface area is 156 Å². The van der Waals surface area contributed by atoms with Crippen LogP contribution in [0.2, 0.25) is 0 Å². The lowest BCUT2D eigenvalue weighted by Gasteiger charge is -2.36. The first-order valence-corrected chi connectivity index (χ1v) is 9.93. The van der Waals surface area contributed by atoms with E-state index in [0.29, 0.717) is 35.1 Å². The molecule has 2 heterocycles. The van der Waals surface area contributed by atoms with Crippen LogP contribution in [-0.2, 0) is 18.4 Å². The molecule has 1 aromatic carbocycles. The number of rotatable bonds is 4. The average molecular weight is 373 g/mol. The summed E-state index contributed by atoms with van der Waals surface area (Å²) in [5, 5.41) is 0.547. The first kappa shape index (κ1) is 17.5. The van der Waals surface area contributed by atoms with Crippen molar-refractivity contribution in [3.05, 3.63) is 65.0 Å². The summed E-state index contributed by atoms with van der Waals surface area (Å²) in [6.45, 7) is 0. The lowest BCUT2D eigenvalue weighted by Crippen LogP contribution is -2.37. The number of nitrogens with zero attached hydrogens (tertiary/aromatic N) is 2. The van der Waals surface area contributed by atoms with Crippen LogP contribution in [0.5, 0.6) is 0 Å². The Morgan fingerprint density at radius 3 is 2.96 bits per heavy atom. The molecule has 26 heavy (non-hydrogen) atoms. The van der Waals surface area contributed by atoms with E-state index in [2.05, 4.69) is 4.98 Å². The molecule has 0 bridgehead atoms. The van der Waals surface area contributed by atoms with Crippen molar-refractivity contribution in [3.63, 3.8) is 0 Å². The van der Waals surface area contributed by atoms with Crippen molar-refractivity contribution in [1.82, 2.24) is 4.98 Å². The van der Waals surface area contributed by atoms with Gasteiger partial charge >= 0.3 is 0 Å². The summed E-state index contributed by atoms with van der Waals surface area (Å²) < 4.78 is 28.5. The van der Waals surface area contributed by atoms with Gasteiger partial charge in [0.2, 0.25) is 5.95 Å². The van der Waals surface area contributed by atoms with E-state index in [1.54, 1.807) is 30.0 Å². The fourth-order valence-electron chi connectivity index (χ4n) is 4.20. The highest BCUT2D eigenvalue weighted by atomic mass is 32.2. The first-order valence-electron chi connectivity index (χ1n) is 8.95. The fourth-order valence-corrected chi connectivity index (χ4v) is 5.25. The summed E-state index contributed by atoms with van der Waals surface area (Å²) in [5.74, 6) is 0.544. The Morgan fingerprint density at radius 1 is 1.23 bits per heavy atom. The van der Waals surface area contributed by atoms with Crippen LogP contribution in [0.4, 0.5) is 8.78 Å². The number of aromatic nitrogens is 1. The van der Waals surface area contributed by atoms with Gasteiger partial charge in [0.15, 0.2) is 5.17 Å². The van der Waals surface area contributed by atoms with Crippen molar-refractivity contribution in [2.75, 3.05) is 5.75 Å². The highest BCUT2D eigenvalue weighted by Gasteiger charge is 2.47. The second-order valence-corrected chi connectivity index (χ2v) is 8.08. The SMILES string of the molecule is NC1=N[C@@]2(c3cc(CCc4cccnc4F)ccc3F)CCC[C@H]2CS1. The molecule has 6 heteroatoms. The van der Waals surface area contributed by atoms with E-state index in [0.717, 1.165) is 30.6 Å². The molecule has 2 N–H and O–H groups in total.